The zero-order valence-electron chi connectivity index (χ0n) is 10.2. The van der Waals surface area contributed by atoms with Crippen molar-refractivity contribution in [3.8, 4) is 0 Å². The number of rotatable bonds is 2. The molecule has 0 aliphatic carbocycles. The first-order valence-electron chi connectivity index (χ1n) is 5.33. The standard InChI is InChI=1S/C11H7F9S/c1-2-5-7(21-11(18,19)20)4-3-6(9(12,13)14)8(5)10(15,16)17/h3-4H,2H2,1H3. The summed E-state index contributed by atoms with van der Waals surface area (Å²) in [6.07, 6.45) is -11.3. The Morgan fingerprint density at radius 2 is 1.38 bits per heavy atom. The van der Waals surface area contributed by atoms with Gasteiger partial charge in [0.15, 0.2) is 0 Å². The number of benzene rings is 1. The van der Waals surface area contributed by atoms with E-state index in [9.17, 15) is 39.5 Å². The molecule has 21 heavy (non-hydrogen) atoms. The van der Waals surface area contributed by atoms with Gasteiger partial charge in [-0.15, -0.1) is 0 Å². The first-order chi connectivity index (χ1) is 9.27. The fraction of sp³-hybridized carbons (Fsp3) is 0.455. The zero-order chi connectivity index (χ0) is 16.6. The molecule has 0 atom stereocenters. The second kappa shape index (κ2) is 5.62. The molecule has 0 heterocycles. The molecule has 0 aliphatic heterocycles. The maximum Gasteiger partial charge on any atom is 0.446 e. The van der Waals surface area contributed by atoms with Crippen LogP contribution in [-0.2, 0) is 18.8 Å². The van der Waals surface area contributed by atoms with E-state index in [0.29, 0.717) is 6.07 Å². The Labute approximate surface area is 117 Å². The quantitative estimate of drug-likeness (QED) is 0.476. The Morgan fingerprint density at radius 1 is 0.857 bits per heavy atom. The van der Waals surface area contributed by atoms with Gasteiger partial charge in [0, 0.05) is 4.90 Å². The second-order valence-corrected chi connectivity index (χ2v) is 4.97. The van der Waals surface area contributed by atoms with E-state index in [0.717, 1.165) is 6.92 Å². The van der Waals surface area contributed by atoms with E-state index < -0.39 is 57.6 Å². The van der Waals surface area contributed by atoms with E-state index in [1.807, 2.05) is 0 Å². The van der Waals surface area contributed by atoms with Crippen molar-refractivity contribution >= 4 is 11.8 Å². The summed E-state index contributed by atoms with van der Waals surface area (Å²) in [6, 6.07) is 0.436. The summed E-state index contributed by atoms with van der Waals surface area (Å²) < 4.78 is 113. The minimum atomic E-state index is -5.40. The number of halogens is 9. The van der Waals surface area contributed by atoms with Crippen LogP contribution in [0.15, 0.2) is 17.0 Å². The molecule has 0 amide bonds. The van der Waals surface area contributed by atoms with Crippen molar-refractivity contribution in [1.82, 2.24) is 0 Å². The SMILES string of the molecule is CCc1c(SC(F)(F)F)ccc(C(F)(F)F)c1C(F)(F)F. The third-order valence-corrected chi connectivity index (χ3v) is 3.27. The molecule has 0 radical (unpaired) electrons. The maximum atomic E-state index is 12.8. The Balaban J connectivity index is 3.63. The normalized spacial score (nSPS) is 13.6. The summed E-state index contributed by atoms with van der Waals surface area (Å²) in [7, 11) is 0. The molecular weight excluding hydrogens is 335 g/mol. The highest BCUT2D eigenvalue weighted by atomic mass is 32.2. The van der Waals surface area contributed by atoms with Crippen molar-refractivity contribution < 1.29 is 39.5 Å². The molecule has 120 valence electrons. The Hall–Kier alpha value is -1.06. The van der Waals surface area contributed by atoms with Crippen LogP contribution in [-0.4, -0.2) is 5.51 Å². The van der Waals surface area contributed by atoms with Gasteiger partial charge in [-0.05, 0) is 35.9 Å². The van der Waals surface area contributed by atoms with Gasteiger partial charge in [0.25, 0.3) is 0 Å². The van der Waals surface area contributed by atoms with Crippen molar-refractivity contribution in [1.29, 1.82) is 0 Å². The molecule has 0 aliphatic rings. The zero-order valence-corrected chi connectivity index (χ0v) is 11.0. The molecular formula is C11H7F9S. The molecule has 1 rings (SSSR count). The van der Waals surface area contributed by atoms with Crippen molar-refractivity contribution in [2.75, 3.05) is 0 Å². The van der Waals surface area contributed by atoms with E-state index >= 15 is 0 Å². The minimum Gasteiger partial charge on any atom is -0.166 e. The lowest BCUT2D eigenvalue weighted by molar-refractivity contribution is -0.162. The Bertz CT molecular complexity index is 510. The lowest BCUT2D eigenvalue weighted by atomic mass is 9.98. The van der Waals surface area contributed by atoms with Gasteiger partial charge >= 0.3 is 17.9 Å². The lowest BCUT2D eigenvalue weighted by Gasteiger charge is -2.21. The largest absolute Gasteiger partial charge is 0.446 e. The Kier molecular flexibility index (Phi) is 4.81. The van der Waals surface area contributed by atoms with Crippen LogP contribution in [0.1, 0.15) is 23.6 Å². The summed E-state index contributed by atoms with van der Waals surface area (Å²) >= 11 is -0.866. The monoisotopic (exact) mass is 342 g/mol. The van der Waals surface area contributed by atoms with E-state index in [-0.39, 0.29) is 6.07 Å². The van der Waals surface area contributed by atoms with Gasteiger partial charge in [0.05, 0.1) is 11.1 Å². The van der Waals surface area contributed by atoms with Gasteiger partial charge < -0.3 is 0 Å². The number of hydrogen-bond acceptors (Lipinski definition) is 1. The highest BCUT2D eigenvalue weighted by Gasteiger charge is 2.45. The van der Waals surface area contributed by atoms with Crippen LogP contribution >= 0.6 is 11.8 Å². The predicted molar refractivity (Wildman–Crippen MR) is 57.7 cm³/mol. The molecule has 0 saturated heterocycles. The molecule has 0 fully saturated rings. The maximum absolute atomic E-state index is 12.8. The number of hydrogen-bond donors (Lipinski definition) is 0. The number of alkyl halides is 9. The summed E-state index contributed by atoms with van der Waals surface area (Å²) in [5, 5.41) is 0. The fourth-order valence-corrected chi connectivity index (χ4v) is 2.52. The van der Waals surface area contributed by atoms with Crippen LogP contribution in [0.25, 0.3) is 0 Å². The van der Waals surface area contributed by atoms with Gasteiger partial charge in [-0.3, -0.25) is 0 Å². The first-order valence-corrected chi connectivity index (χ1v) is 6.15. The third kappa shape index (κ3) is 4.45. The molecule has 0 bridgehead atoms. The molecule has 1 aromatic carbocycles. The smallest absolute Gasteiger partial charge is 0.166 e. The highest BCUT2D eigenvalue weighted by Crippen LogP contribution is 2.47. The van der Waals surface area contributed by atoms with Crippen molar-refractivity contribution in [3.63, 3.8) is 0 Å². The van der Waals surface area contributed by atoms with Crippen molar-refractivity contribution in [3.05, 3.63) is 28.8 Å². The van der Waals surface area contributed by atoms with Crippen LogP contribution in [0, 0.1) is 0 Å². The average molecular weight is 342 g/mol. The highest BCUT2D eigenvalue weighted by molar-refractivity contribution is 8.00. The fourth-order valence-electron chi connectivity index (χ4n) is 1.76. The molecule has 0 unspecified atom stereocenters. The molecule has 10 heteroatoms. The molecule has 1 aromatic rings. The molecule has 0 N–H and O–H groups in total. The van der Waals surface area contributed by atoms with E-state index in [2.05, 4.69) is 0 Å². The number of thioether (sulfide) groups is 1. The van der Waals surface area contributed by atoms with Crippen LogP contribution in [0.2, 0.25) is 0 Å². The lowest BCUT2D eigenvalue weighted by Crippen LogP contribution is -2.20. The van der Waals surface area contributed by atoms with E-state index in [1.165, 1.54) is 0 Å². The van der Waals surface area contributed by atoms with Gasteiger partial charge in [0.1, 0.15) is 0 Å². The van der Waals surface area contributed by atoms with E-state index in [1.54, 1.807) is 0 Å². The topological polar surface area (TPSA) is 0 Å². The predicted octanol–water partition coefficient (Wildman–Crippen LogP) is 5.90. The van der Waals surface area contributed by atoms with Crippen LogP contribution < -0.4 is 0 Å². The first kappa shape index (κ1) is 18.0. The average Bonchev–Trinajstić information content (AvgIpc) is 2.23. The van der Waals surface area contributed by atoms with Crippen LogP contribution in [0.4, 0.5) is 39.5 Å². The molecule has 0 spiro atoms. The molecule has 0 aromatic heterocycles. The van der Waals surface area contributed by atoms with Gasteiger partial charge in [-0.2, -0.15) is 39.5 Å². The molecule has 0 nitrogen and oxygen atoms in total. The van der Waals surface area contributed by atoms with Gasteiger partial charge in [0.2, 0.25) is 0 Å². The summed E-state index contributed by atoms with van der Waals surface area (Å²) in [5.74, 6) is 0. The minimum absolute atomic E-state index is 0.0239. The summed E-state index contributed by atoms with van der Waals surface area (Å²) in [4.78, 5) is -0.884. The summed E-state index contributed by atoms with van der Waals surface area (Å²) in [5.41, 5.74) is -9.96. The van der Waals surface area contributed by atoms with Gasteiger partial charge in [-0.25, -0.2) is 0 Å². The van der Waals surface area contributed by atoms with Crippen LogP contribution in [0.5, 0.6) is 0 Å². The van der Waals surface area contributed by atoms with Gasteiger partial charge in [-0.1, -0.05) is 6.92 Å². The third-order valence-electron chi connectivity index (χ3n) is 2.44. The molecule has 0 saturated carbocycles. The Morgan fingerprint density at radius 3 is 1.71 bits per heavy atom. The van der Waals surface area contributed by atoms with Crippen molar-refractivity contribution in [2.45, 2.75) is 36.1 Å². The van der Waals surface area contributed by atoms with Crippen LogP contribution in [0.3, 0.4) is 0 Å². The van der Waals surface area contributed by atoms with Crippen molar-refractivity contribution in [2.24, 2.45) is 0 Å². The second-order valence-electron chi connectivity index (χ2n) is 3.86. The summed E-state index contributed by atoms with van der Waals surface area (Å²) in [6.45, 7) is 1.06. The van der Waals surface area contributed by atoms with E-state index in [4.69, 9.17) is 0 Å².